The van der Waals surface area contributed by atoms with Crippen molar-refractivity contribution < 1.29 is 0 Å². The summed E-state index contributed by atoms with van der Waals surface area (Å²) in [7, 11) is 1.78. The first-order valence-corrected chi connectivity index (χ1v) is 4.03. The molecule has 0 fully saturated rings. The molecule has 0 aromatic heterocycles. The molecule has 0 aromatic rings. The van der Waals surface area contributed by atoms with Gasteiger partial charge in [-0.15, -0.1) is 0 Å². The molecule has 11 heavy (non-hydrogen) atoms. The number of rotatable bonds is 5. The molecule has 0 spiro atoms. The number of hydrogen-bond donors (Lipinski definition) is 1. The van der Waals surface area contributed by atoms with Gasteiger partial charge in [0.1, 0.15) is 0 Å². The Kier molecular flexibility index (Phi) is 5.80. The lowest BCUT2D eigenvalue weighted by Crippen LogP contribution is -2.04. The average Bonchev–Trinajstić information content (AvgIpc) is 1.97. The van der Waals surface area contributed by atoms with Crippen molar-refractivity contribution in [1.29, 1.82) is 5.41 Å². The maximum Gasteiger partial charge on any atom is 0.270 e. The van der Waals surface area contributed by atoms with Crippen LogP contribution in [-0.4, -0.2) is 19.3 Å². The van der Waals surface area contributed by atoms with E-state index in [1.807, 2.05) is 20.0 Å². The summed E-state index contributed by atoms with van der Waals surface area (Å²) in [5.74, 6) is 0.401. The van der Waals surface area contributed by atoms with E-state index in [0.717, 1.165) is 18.6 Å². The van der Waals surface area contributed by atoms with Gasteiger partial charge in [0.25, 0.3) is 7.41 Å². The molecular formula is C8H16BN2. The van der Waals surface area contributed by atoms with E-state index in [2.05, 4.69) is 11.8 Å². The zero-order chi connectivity index (χ0) is 8.69. The van der Waals surface area contributed by atoms with E-state index in [1.54, 1.807) is 7.41 Å². The normalized spacial score (nSPS) is 13.4. The maximum absolute atomic E-state index is 7.33. The third-order valence-corrected chi connectivity index (χ3v) is 1.72. The Bertz CT molecular complexity index is 143. The highest BCUT2D eigenvalue weighted by molar-refractivity contribution is 6.32. The SMILES string of the molecule is C[B]N=CCCC(C)C(C)=N. The van der Waals surface area contributed by atoms with Crippen LogP contribution in [-0.2, 0) is 0 Å². The second-order valence-electron chi connectivity index (χ2n) is 2.75. The Morgan fingerprint density at radius 1 is 1.73 bits per heavy atom. The highest BCUT2D eigenvalue weighted by Gasteiger charge is 2.01. The highest BCUT2D eigenvalue weighted by Crippen LogP contribution is 2.04. The van der Waals surface area contributed by atoms with Crippen LogP contribution >= 0.6 is 0 Å². The van der Waals surface area contributed by atoms with E-state index >= 15 is 0 Å². The molecule has 0 aliphatic heterocycles. The molecule has 0 rings (SSSR count). The van der Waals surface area contributed by atoms with Crippen LogP contribution in [0, 0.1) is 11.3 Å². The summed E-state index contributed by atoms with van der Waals surface area (Å²) < 4.78 is 0. The molecule has 0 saturated heterocycles. The Morgan fingerprint density at radius 2 is 2.36 bits per heavy atom. The minimum absolute atomic E-state index is 0.401. The monoisotopic (exact) mass is 151 g/mol. The van der Waals surface area contributed by atoms with Crippen molar-refractivity contribution in [3.8, 4) is 0 Å². The van der Waals surface area contributed by atoms with Crippen LogP contribution in [0.5, 0.6) is 0 Å². The van der Waals surface area contributed by atoms with Crippen LogP contribution in [0.3, 0.4) is 0 Å². The van der Waals surface area contributed by atoms with Crippen molar-refractivity contribution in [3.05, 3.63) is 0 Å². The fourth-order valence-electron chi connectivity index (χ4n) is 0.721. The van der Waals surface area contributed by atoms with Crippen molar-refractivity contribution in [3.63, 3.8) is 0 Å². The Morgan fingerprint density at radius 3 is 2.82 bits per heavy atom. The largest absolute Gasteiger partial charge is 0.360 e. The number of nitrogens with zero attached hydrogens (tertiary/aromatic N) is 1. The molecule has 1 radical (unpaired) electrons. The minimum atomic E-state index is 0.401. The molecule has 1 N–H and O–H groups in total. The summed E-state index contributed by atoms with van der Waals surface area (Å²) in [5.41, 5.74) is 0.763. The second-order valence-corrected chi connectivity index (χ2v) is 2.75. The Labute approximate surface area is 69.9 Å². The van der Waals surface area contributed by atoms with Crippen LogP contribution < -0.4 is 0 Å². The van der Waals surface area contributed by atoms with Crippen molar-refractivity contribution >= 4 is 19.3 Å². The summed E-state index contributed by atoms with van der Waals surface area (Å²) in [5, 5.41) is 7.33. The summed E-state index contributed by atoms with van der Waals surface area (Å²) >= 11 is 0. The lowest BCUT2D eigenvalue weighted by molar-refractivity contribution is 0.705. The quantitative estimate of drug-likeness (QED) is 0.461. The van der Waals surface area contributed by atoms with Gasteiger partial charge in [-0.3, -0.25) is 0 Å². The molecule has 0 aliphatic rings. The molecule has 0 aromatic carbocycles. The molecule has 1 atom stereocenters. The van der Waals surface area contributed by atoms with Crippen LogP contribution in [0.25, 0.3) is 0 Å². The minimum Gasteiger partial charge on any atom is -0.360 e. The molecule has 0 bridgehead atoms. The van der Waals surface area contributed by atoms with Crippen LogP contribution in [0.4, 0.5) is 0 Å². The first-order valence-electron chi connectivity index (χ1n) is 4.03. The fourth-order valence-corrected chi connectivity index (χ4v) is 0.721. The first-order chi connectivity index (χ1) is 5.18. The van der Waals surface area contributed by atoms with Gasteiger partial charge in [0.05, 0.1) is 0 Å². The molecule has 3 heteroatoms. The average molecular weight is 151 g/mol. The summed E-state index contributed by atoms with van der Waals surface area (Å²) in [6, 6.07) is 0. The van der Waals surface area contributed by atoms with Gasteiger partial charge in [0.15, 0.2) is 0 Å². The lowest BCUT2D eigenvalue weighted by atomic mass is 10.00. The lowest BCUT2D eigenvalue weighted by Gasteiger charge is -2.05. The molecule has 0 amide bonds. The van der Waals surface area contributed by atoms with E-state index in [9.17, 15) is 0 Å². The standard InChI is InChI=1S/C8H16BN2/c1-7(8(2)10)5-4-6-11-9-3/h6-7,10H,4-5H2,1-3H3. The Balaban J connectivity index is 3.38. The fraction of sp³-hybridized carbons (Fsp3) is 0.750. The molecular weight excluding hydrogens is 135 g/mol. The van der Waals surface area contributed by atoms with Gasteiger partial charge in [0, 0.05) is 5.71 Å². The van der Waals surface area contributed by atoms with Crippen molar-refractivity contribution in [2.45, 2.75) is 33.5 Å². The predicted octanol–water partition coefficient (Wildman–Crippen LogP) is 2.18. The van der Waals surface area contributed by atoms with E-state index in [4.69, 9.17) is 5.41 Å². The molecule has 1 unspecified atom stereocenters. The topological polar surface area (TPSA) is 36.2 Å². The second kappa shape index (κ2) is 6.14. The zero-order valence-electron chi connectivity index (χ0n) is 7.59. The van der Waals surface area contributed by atoms with Gasteiger partial charge in [-0.25, -0.2) is 0 Å². The maximum atomic E-state index is 7.33. The van der Waals surface area contributed by atoms with Gasteiger partial charge < -0.3 is 10.3 Å². The van der Waals surface area contributed by atoms with E-state index < -0.39 is 0 Å². The Hall–Kier alpha value is -0.595. The van der Waals surface area contributed by atoms with Gasteiger partial charge in [-0.2, -0.15) is 0 Å². The third-order valence-electron chi connectivity index (χ3n) is 1.72. The number of nitrogens with one attached hydrogen (secondary N) is 1. The van der Waals surface area contributed by atoms with E-state index in [-0.39, 0.29) is 0 Å². The molecule has 0 saturated carbocycles. The van der Waals surface area contributed by atoms with Crippen LogP contribution in [0.15, 0.2) is 4.90 Å². The van der Waals surface area contributed by atoms with E-state index in [1.165, 1.54) is 0 Å². The smallest absolute Gasteiger partial charge is 0.270 e. The summed E-state index contributed by atoms with van der Waals surface area (Å²) in [4.78, 5) is 3.98. The predicted molar refractivity (Wildman–Crippen MR) is 51.9 cm³/mol. The molecule has 0 heterocycles. The zero-order valence-corrected chi connectivity index (χ0v) is 7.59. The van der Waals surface area contributed by atoms with Crippen LogP contribution in [0.1, 0.15) is 26.7 Å². The molecule has 61 valence electrons. The summed E-state index contributed by atoms with van der Waals surface area (Å²) in [6.07, 6.45) is 3.91. The third kappa shape index (κ3) is 5.83. The highest BCUT2D eigenvalue weighted by atomic mass is 14.6. The van der Waals surface area contributed by atoms with Gasteiger partial charge in [-0.1, -0.05) is 13.7 Å². The van der Waals surface area contributed by atoms with Crippen LogP contribution in [0.2, 0.25) is 6.82 Å². The van der Waals surface area contributed by atoms with Gasteiger partial charge in [-0.05, 0) is 31.9 Å². The van der Waals surface area contributed by atoms with Gasteiger partial charge >= 0.3 is 0 Å². The number of hydrogen-bond acceptors (Lipinski definition) is 2. The van der Waals surface area contributed by atoms with Crippen molar-refractivity contribution in [2.75, 3.05) is 0 Å². The van der Waals surface area contributed by atoms with Gasteiger partial charge in [0.2, 0.25) is 0 Å². The summed E-state index contributed by atoms with van der Waals surface area (Å²) in [6.45, 7) is 5.83. The van der Waals surface area contributed by atoms with E-state index in [0.29, 0.717) is 5.92 Å². The van der Waals surface area contributed by atoms with Crippen molar-refractivity contribution in [1.82, 2.24) is 0 Å². The first kappa shape index (κ1) is 10.4. The molecule has 0 aliphatic carbocycles. The van der Waals surface area contributed by atoms with Crippen molar-refractivity contribution in [2.24, 2.45) is 10.8 Å². The molecule has 2 nitrogen and oxygen atoms in total.